The van der Waals surface area contributed by atoms with Crippen LogP contribution in [0.4, 0.5) is 0 Å². The number of hydrogen-bond donors (Lipinski definition) is 1. The van der Waals surface area contributed by atoms with Gasteiger partial charge in [0, 0.05) is 17.1 Å². The van der Waals surface area contributed by atoms with Gasteiger partial charge in [-0.05, 0) is 31.0 Å². The fourth-order valence-electron chi connectivity index (χ4n) is 2.65. The maximum atomic E-state index is 12.8. The lowest BCUT2D eigenvalue weighted by atomic mass is 9.91. The summed E-state index contributed by atoms with van der Waals surface area (Å²) < 4.78 is 5.58. The topological polar surface area (TPSA) is 72.6 Å². The number of fused-ring (bicyclic) bond motifs is 1. The Bertz CT molecular complexity index is 562. The number of primary amides is 1. The molecule has 22 heavy (non-hydrogen) atoms. The van der Waals surface area contributed by atoms with Crippen LogP contribution in [0.25, 0.3) is 0 Å². The first-order valence-corrected chi connectivity index (χ1v) is 7.90. The maximum absolute atomic E-state index is 12.8. The van der Waals surface area contributed by atoms with Gasteiger partial charge in [0.15, 0.2) is 0 Å². The van der Waals surface area contributed by atoms with Crippen LogP contribution in [0.3, 0.4) is 0 Å². The van der Waals surface area contributed by atoms with E-state index in [1.54, 1.807) is 23.1 Å². The van der Waals surface area contributed by atoms with E-state index in [1.807, 2.05) is 6.92 Å². The van der Waals surface area contributed by atoms with E-state index in [9.17, 15) is 9.59 Å². The minimum atomic E-state index is -0.497. The highest BCUT2D eigenvalue weighted by molar-refractivity contribution is 6.30. The summed E-state index contributed by atoms with van der Waals surface area (Å²) in [5.74, 6) is -0.232. The average Bonchev–Trinajstić information content (AvgIpc) is 2.49. The van der Waals surface area contributed by atoms with Gasteiger partial charge in [0.2, 0.25) is 11.8 Å². The predicted octanol–water partition coefficient (Wildman–Crippen LogP) is 2.32. The summed E-state index contributed by atoms with van der Waals surface area (Å²) in [6, 6.07) is 5.29. The second kappa shape index (κ2) is 7.49. The molecule has 0 bridgehead atoms. The summed E-state index contributed by atoms with van der Waals surface area (Å²) in [6.45, 7) is 3.00. The van der Waals surface area contributed by atoms with Crippen molar-refractivity contribution in [3.63, 3.8) is 0 Å². The van der Waals surface area contributed by atoms with Crippen LogP contribution in [-0.4, -0.2) is 36.4 Å². The molecule has 2 rings (SSSR count). The van der Waals surface area contributed by atoms with E-state index in [-0.39, 0.29) is 18.4 Å². The van der Waals surface area contributed by atoms with Crippen molar-refractivity contribution in [3.05, 3.63) is 28.8 Å². The monoisotopic (exact) mass is 324 g/mol. The molecule has 1 heterocycles. The lowest BCUT2D eigenvalue weighted by molar-refractivity contribution is -0.137. The molecule has 2 amide bonds. The molecule has 0 saturated carbocycles. The zero-order chi connectivity index (χ0) is 16.1. The highest BCUT2D eigenvalue weighted by Gasteiger charge is 2.31. The van der Waals surface area contributed by atoms with Crippen LogP contribution < -0.4 is 10.5 Å². The third-order valence-electron chi connectivity index (χ3n) is 3.75. The quantitative estimate of drug-likeness (QED) is 0.872. The van der Waals surface area contributed by atoms with Crippen molar-refractivity contribution in [1.82, 2.24) is 4.90 Å². The number of rotatable bonds is 6. The van der Waals surface area contributed by atoms with E-state index in [1.165, 1.54) is 0 Å². The SMILES string of the molecule is CCCCN(CC(N)=O)C(=O)[C@@H]1CCOc2ccc(Cl)cc21. The van der Waals surface area contributed by atoms with E-state index >= 15 is 0 Å². The van der Waals surface area contributed by atoms with Crippen molar-refractivity contribution in [2.45, 2.75) is 32.1 Å². The smallest absolute Gasteiger partial charge is 0.237 e. The lowest BCUT2D eigenvalue weighted by Crippen LogP contribution is -2.42. The molecular weight excluding hydrogens is 304 g/mol. The molecule has 0 saturated heterocycles. The zero-order valence-electron chi connectivity index (χ0n) is 12.7. The van der Waals surface area contributed by atoms with Gasteiger partial charge in [-0.1, -0.05) is 24.9 Å². The minimum Gasteiger partial charge on any atom is -0.493 e. The molecular formula is C16H21ClN2O3. The van der Waals surface area contributed by atoms with Crippen molar-refractivity contribution >= 4 is 23.4 Å². The first kappa shape index (κ1) is 16.6. The lowest BCUT2D eigenvalue weighted by Gasteiger charge is -2.30. The van der Waals surface area contributed by atoms with E-state index in [2.05, 4.69) is 0 Å². The zero-order valence-corrected chi connectivity index (χ0v) is 13.4. The normalized spacial score (nSPS) is 16.5. The number of ether oxygens (including phenoxy) is 1. The van der Waals surface area contributed by atoms with Crippen molar-refractivity contribution in [1.29, 1.82) is 0 Å². The van der Waals surface area contributed by atoms with Gasteiger partial charge in [-0.25, -0.2) is 0 Å². The first-order chi connectivity index (χ1) is 10.5. The Morgan fingerprint density at radius 2 is 2.23 bits per heavy atom. The number of unbranched alkanes of at least 4 members (excludes halogenated alkanes) is 1. The number of nitrogens with two attached hydrogens (primary N) is 1. The molecule has 2 N–H and O–H groups in total. The number of benzene rings is 1. The average molecular weight is 325 g/mol. The van der Waals surface area contributed by atoms with Crippen LogP contribution in [0.1, 0.15) is 37.7 Å². The predicted molar refractivity (Wildman–Crippen MR) is 85.0 cm³/mol. The summed E-state index contributed by atoms with van der Waals surface area (Å²) in [5, 5.41) is 0.567. The molecule has 1 atom stereocenters. The van der Waals surface area contributed by atoms with Crippen molar-refractivity contribution in [2.24, 2.45) is 5.73 Å². The fourth-order valence-corrected chi connectivity index (χ4v) is 2.83. The van der Waals surface area contributed by atoms with Crippen LogP contribution in [0, 0.1) is 0 Å². The van der Waals surface area contributed by atoms with Crippen molar-refractivity contribution in [3.8, 4) is 5.75 Å². The third-order valence-corrected chi connectivity index (χ3v) is 3.98. The van der Waals surface area contributed by atoms with Crippen LogP contribution in [0.2, 0.25) is 5.02 Å². The Labute approximate surface area is 135 Å². The maximum Gasteiger partial charge on any atom is 0.237 e. The summed E-state index contributed by atoms with van der Waals surface area (Å²) in [4.78, 5) is 25.6. The minimum absolute atomic E-state index is 0.0495. The number of nitrogens with zero attached hydrogens (tertiary/aromatic N) is 1. The Kier molecular flexibility index (Phi) is 5.66. The van der Waals surface area contributed by atoms with Gasteiger partial charge in [-0.2, -0.15) is 0 Å². The van der Waals surface area contributed by atoms with Crippen LogP contribution >= 0.6 is 11.6 Å². The Hall–Kier alpha value is -1.75. The van der Waals surface area contributed by atoms with Gasteiger partial charge in [-0.3, -0.25) is 9.59 Å². The Balaban J connectivity index is 2.23. The molecule has 0 fully saturated rings. The van der Waals surface area contributed by atoms with Crippen molar-refractivity contribution < 1.29 is 14.3 Å². The summed E-state index contributed by atoms with van der Waals surface area (Å²) >= 11 is 6.04. The number of amides is 2. The molecule has 0 spiro atoms. The largest absolute Gasteiger partial charge is 0.493 e. The number of carbonyl (C=O) groups is 2. The van der Waals surface area contributed by atoms with E-state index in [0.717, 1.165) is 18.4 Å². The number of carbonyl (C=O) groups excluding carboxylic acids is 2. The molecule has 0 unspecified atom stereocenters. The van der Waals surface area contributed by atoms with Crippen LogP contribution in [-0.2, 0) is 9.59 Å². The molecule has 1 aliphatic rings. The summed E-state index contributed by atoms with van der Waals surface area (Å²) in [6.07, 6.45) is 2.36. The second-order valence-corrected chi connectivity index (χ2v) is 5.89. The molecule has 0 radical (unpaired) electrons. The van der Waals surface area contributed by atoms with E-state index < -0.39 is 5.91 Å². The number of halogens is 1. The van der Waals surface area contributed by atoms with Crippen LogP contribution in [0.15, 0.2) is 18.2 Å². The van der Waals surface area contributed by atoms with Gasteiger partial charge in [0.1, 0.15) is 5.75 Å². The summed E-state index contributed by atoms with van der Waals surface area (Å²) in [5.41, 5.74) is 6.06. The molecule has 6 heteroatoms. The second-order valence-electron chi connectivity index (χ2n) is 5.45. The molecule has 0 aromatic heterocycles. The molecule has 0 aliphatic carbocycles. The third kappa shape index (κ3) is 3.91. The fraction of sp³-hybridized carbons (Fsp3) is 0.500. The van der Waals surface area contributed by atoms with E-state index in [4.69, 9.17) is 22.1 Å². The Morgan fingerprint density at radius 1 is 1.45 bits per heavy atom. The molecule has 1 aliphatic heterocycles. The first-order valence-electron chi connectivity index (χ1n) is 7.52. The van der Waals surface area contributed by atoms with Gasteiger partial charge in [0.05, 0.1) is 19.1 Å². The van der Waals surface area contributed by atoms with Gasteiger partial charge >= 0.3 is 0 Å². The number of hydrogen-bond acceptors (Lipinski definition) is 3. The van der Waals surface area contributed by atoms with Crippen LogP contribution in [0.5, 0.6) is 5.75 Å². The highest BCUT2D eigenvalue weighted by Crippen LogP contribution is 2.36. The van der Waals surface area contributed by atoms with Gasteiger partial charge in [0.25, 0.3) is 0 Å². The highest BCUT2D eigenvalue weighted by atomic mass is 35.5. The van der Waals surface area contributed by atoms with Gasteiger partial charge in [-0.15, -0.1) is 0 Å². The van der Waals surface area contributed by atoms with Crippen molar-refractivity contribution in [2.75, 3.05) is 19.7 Å². The van der Waals surface area contributed by atoms with Gasteiger partial charge < -0.3 is 15.4 Å². The summed E-state index contributed by atoms with van der Waals surface area (Å²) in [7, 11) is 0. The Morgan fingerprint density at radius 3 is 2.91 bits per heavy atom. The molecule has 1 aromatic carbocycles. The van der Waals surface area contributed by atoms with E-state index in [0.29, 0.717) is 30.3 Å². The standard InChI is InChI=1S/C16H21ClN2O3/c1-2-3-7-19(10-15(18)20)16(21)12-6-8-22-14-5-4-11(17)9-13(12)14/h4-5,9,12H,2-3,6-8,10H2,1H3,(H2,18,20)/t12-/m1/s1. The molecule has 120 valence electrons. The molecule has 5 nitrogen and oxygen atoms in total. The molecule has 1 aromatic rings.